The van der Waals surface area contributed by atoms with Crippen LogP contribution in [0, 0.1) is 11.7 Å². The molecule has 7 nitrogen and oxygen atoms in total. The first kappa shape index (κ1) is 23.1. The molecule has 0 aliphatic rings. The molecule has 1 N–H and O–H groups in total. The van der Waals surface area contributed by atoms with Crippen LogP contribution in [0.1, 0.15) is 22.8 Å². The van der Waals surface area contributed by atoms with Crippen LogP contribution < -0.4 is 10.9 Å². The minimum Gasteiger partial charge on any atom is -0.462 e. The van der Waals surface area contributed by atoms with Crippen LogP contribution in [-0.2, 0) is 16.1 Å². The number of anilines is 1. The number of aromatic nitrogens is 2. The summed E-state index contributed by atoms with van der Waals surface area (Å²) in [5.41, 5.74) is 2.44. The summed E-state index contributed by atoms with van der Waals surface area (Å²) in [6.07, 6.45) is 0. The normalized spacial score (nSPS) is 10.8. The van der Waals surface area contributed by atoms with E-state index in [0.717, 1.165) is 5.56 Å². The number of esters is 1. The van der Waals surface area contributed by atoms with Crippen molar-refractivity contribution in [2.24, 2.45) is 0 Å². The van der Waals surface area contributed by atoms with Crippen LogP contribution in [0.2, 0.25) is 0 Å². The lowest BCUT2D eigenvalue weighted by atomic mass is 10.1. The van der Waals surface area contributed by atoms with Gasteiger partial charge in [-0.15, -0.1) is 0 Å². The van der Waals surface area contributed by atoms with Crippen molar-refractivity contribution in [2.75, 3.05) is 11.9 Å². The Bertz CT molecular complexity index is 1510. The third-order valence-electron chi connectivity index (χ3n) is 5.31. The van der Waals surface area contributed by atoms with E-state index in [0.29, 0.717) is 22.3 Å². The van der Waals surface area contributed by atoms with Gasteiger partial charge in [0.25, 0.3) is 5.56 Å². The van der Waals surface area contributed by atoms with Gasteiger partial charge >= 0.3 is 5.97 Å². The van der Waals surface area contributed by atoms with E-state index < -0.39 is 11.9 Å². The molecule has 3 aromatic carbocycles. The van der Waals surface area contributed by atoms with Gasteiger partial charge in [0.1, 0.15) is 6.54 Å². The van der Waals surface area contributed by atoms with Crippen molar-refractivity contribution in [3.05, 3.63) is 99.0 Å². The van der Waals surface area contributed by atoms with E-state index in [1.54, 1.807) is 60.0 Å². The predicted octanol–water partition coefficient (Wildman–Crippen LogP) is 4.65. The van der Waals surface area contributed by atoms with Crippen molar-refractivity contribution in [2.45, 2.75) is 20.4 Å². The van der Waals surface area contributed by atoms with Crippen LogP contribution in [0.3, 0.4) is 0 Å². The number of amides is 1. The Morgan fingerprint density at radius 2 is 1.71 bits per heavy atom. The lowest BCUT2D eigenvalue weighted by Crippen LogP contribution is -2.28. The summed E-state index contributed by atoms with van der Waals surface area (Å²) in [6.45, 7) is 3.69. The quantitative estimate of drug-likeness (QED) is 0.326. The molecule has 4 aromatic rings. The molecule has 0 saturated heterocycles. The fourth-order valence-corrected chi connectivity index (χ4v) is 4.11. The van der Waals surface area contributed by atoms with Crippen molar-refractivity contribution in [1.82, 2.24) is 9.13 Å². The van der Waals surface area contributed by atoms with Gasteiger partial charge in [-0.3, -0.25) is 14.2 Å². The molecule has 0 spiro atoms. The molecule has 1 amide bonds. The summed E-state index contributed by atoms with van der Waals surface area (Å²) in [5, 5.41) is 3.24. The molecule has 0 bridgehead atoms. The molecule has 0 unspecified atom stereocenters. The molecule has 172 valence electrons. The van der Waals surface area contributed by atoms with Gasteiger partial charge in [0.2, 0.25) is 5.91 Å². The van der Waals surface area contributed by atoms with Crippen molar-refractivity contribution >= 4 is 40.7 Å². The number of ether oxygens (including phenoxy) is 1. The Morgan fingerprint density at radius 1 is 1.00 bits per heavy atom. The highest BCUT2D eigenvalue weighted by Gasteiger charge is 2.17. The molecule has 0 saturated carbocycles. The molecule has 1 aromatic heterocycles. The maximum atomic E-state index is 13.3. The number of para-hydroxylation sites is 2. The first-order valence-corrected chi connectivity index (χ1v) is 11.2. The van der Waals surface area contributed by atoms with Crippen LogP contribution in [0.5, 0.6) is 0 Å². The van der Waals surface area contributed by atoms with Gasteiger partial charge in [0.05, 0.1) is 34.4 Å². The maximum Gasteiger partial charge on any atom is 0.340 e. The number of aryl methyl sites for hydroxylation is 1. The lowest BCUT2D eigenvalue weighted by molar-refractivity contribution is -0.116. The third kappa shape index (κ3) is 4.53. The number of nitrogens with one attached hydrogen (secondary N) is 1. The molecule has 0 radical (unpaired) electrons. The maximum absolute atomic E-state index is 13.3. The molecule has 1 heterocycles. The highest BCUT2D eigenvalue weighted by molar-refractivity contribution is 7.71. The summed E-state index contributed by atoms with van der Waals surface area (Å²) in [4.78, 5) is 38.7. The van der Waals surface area contributed by atoms with E-state index in [1.807, 2.05) is 31.2 Å². The lowest BCUT2D eigenvalue weighted by Gasteiger charge is -2.17. The molecule has 34 heavy (non-hydrogen) atoms. The van der Waals surface area contributed by atoms with E-state index in [1.165, 1.54) is 4.57 Å². The third-order valence-corrected chi connectivity index (χ3v) is 5.71. The van der Waals surface area contributed by atoms with Crippen molar-refractivity contribution < 1.29 is 14.3 Å². The van der Waals surface area contributed by atoms with Crippen molar-refractivity contribution in [3.63, 3.8) is 0 Å². The van der Waals surface area contributed by atoms with Crippen LogP contribution in [0.25, 0.3) is 16.6 Å². The monoisotopic (exact) mass is 473 g/mol. The predicted molar refractivity (Wildman–Crippen MR) is 134 cm³/mol. The number of hydrogen-bond donors (Lipinski definition) is 1. The first-order chi connectivity index (χ1) is 16.4. The zero-order valence-electron chi connectivity index (χ0n) is 18.8. The number of carbonyl (C=O) groups is 2. The molecular formula is C26H23N3O4S. The van der Waals surface area contributed by atoms with Gasteiger partial charge in [-0.2, -0.15) is 0 Å². The van der Waals surface area contributed by atoms with Gasteiger partial charge in [-0.05, 0) is 62.5 Å². The Hall–Kier alpha value is -4.04. The minimum absolute atomic E-state index is 0.150. The molecule has 0 aliphatic heterocycles. The van der Waals surface area contributed by atoms with E-state index in [4.69, 9.17) is 17.0 Å². The summed E-state index contributed by atoms with van der Waals surface area (Å²) in [5.74, 6) is -0.915. The Morgan fingerprint density at radius 3 is 2.44 bits per heavy atom. The molecule has 0 aliphatic carbocycles. The Labute approximate surface area is 201 Å². The average Bonchev–Trinajstić information content (AvgIpc) is 2.83. The van der Waals surface area contributed by atoms with Crippen LogP contribution in [-0.4, -0.2) is 27.6 Å². The standard InChI is InChI=1S/C26H23N3O4S/c1-3-33-25(32)19-11-7-8-12-21(19)27-23(30)16-28-22-14-13-17(2)15-20(22)24(31)29(26(28)34)18-9-5-4-6-10-18/h4-15H,3,16H2,1-2H3,(H,27,30). The fourth-order valence-electron chi connectivity index (χ4n) is 3.76. The minimum atomic E-state index is -0.520. The molecular weight excluding hydrogens is 450 g/mol. The smallest absolute Gasteiger partial charge is 0.340 e. The average molecular weight is 474 g/mol. The van der Waals surface area contributed by atoms with Gasteiger partial charge in [-0.1, -0.05) is 42.0 Å². The van der Waals surface area contributed by atoms with Crippen LogP contribution in [0.15, 0.2) is 77.6 Å². The van der Waals surface area contributed by atoms with Crippen LogP contribution >= 0.6 is 12.2 Å². The largest absolute Gasteiger partial charge is 0.462 e. The highest BCUT2D eigenvalue weighted by Crippen LogP contribution is 2.19. The van der Waals surface area contributed by atoms with Gasteiger partial charge in [0, 0.05) is 0 Å². The SMILES string of the molecule is CCOC(=O)c1ccccc1NC(=O)Cn1c(=S)n(-c2ccccc2)c(=O)c2cc(C)ccc21. The van der Waals surface area contributed by atoms with E-state index in [2.05, 4.69) is 5.32 Å². The van der Waals surface area contributed by atoms with E-state index in [9.17, 15) is 14.4 Å². The van der Waals surface area contributed by atoms with Crippen LogP contribution in [0.4, 0.5) is 5.69 Å². The second kappa shape index (κ2) is 9.84. The summed E-state index contributed by atoms with van der Waals surface area (Å²) in [7, 11) is 0. The second-order valence-electron chi connectivity index (χ2n) is 7.68. The molecule has 8 heteroatoms. The number of hydrogen-bond acceptors (Lipinski definition) is 5. The second-order valence-corrected chi connectivity index (χ2v) is 8.04. The van der Waals surface area contributed by atoms with Crippen molar-refractivity contribution in [1.29, 1.82) is 0 Å². The molecule has 0 fully saturated rings. The van der Waals surface area contributed by atoms with Gasteiger partial charge < -0.3 is 14.6 Å². The fraction of sp³-hybridized carbons (Fsp3) is 0.154. The molecule has 4 rings (SSSR count). The number of rotatable bonds is 6. The number of benzene rings is 3. The summed E-state index contributed by atoms with van der Waals surface area (Å²) < 4.78 is 8.33. The zero-order chi connectivity index (χ0) is 24.2. The Kier molecular flexibility index (Phi) is 6.70. The molecule has 0 atom stereocenters. The van der Waals surface area contributed by atoms with E-state index >= 15 is 0 Å². The highest BCUT2D eigenvalue weighted by atomic mass is 32.1. The topological polar surface area (TPSA) is 82.3 Å². The Balaban J connectivity index is 1.79. The van der Waals surface area contributed by atoms with Gasteiger partial charge in [-0.25, -0.2) is 4.79 Å². The van der Waals surface area contributed by atoms with Crippen molar-refractivity contribution in [3.8, 4) is 5.69 Å². The van der Waals surface area contributed by atoms with E-state index in [-0.39, 0.29) is 29.0 Å². The number of nitrogens with zero attached hydrogens (tertiary/aromatic N) is 2. The number of carbonyl (C=O) groups excluding carboxylic acids is 2. The summed E-state index contributed by atoms with van der Waals surface area (Å²) >= 11 is 5.68. The zero-order valence-corrected chi connectivity index (χ0v) is 19.6. The summed E-state index contributed by atoms with van der Waals surface area (Å²) in [6, 6.07) is 21.2. The van der Waals surface area contributed by atoms with Gasteiger partial charge in [0.15, 0.2) is 4.77 Å². The first-order valence-electron chi connectivity index (χ1n) is 10.8. The number of fused-ring (bicyclic) bond motifs is 1.